The zero-order valence-electron chi connectivity index (χ0n) is 8.32. The Bertz CT molecular complexity index is 314. The van der Waals surface area contributed by atoms with Gasteiger partial charge in [0.2, 0.25) is 0 Å². The van der Waals surface area contributed by atoms with E-state index in [4.69, 9.17) is 4.74 Å². The third kappa shape index (κ3) is 3.54. The van der Waals surface area contributed by atoms with Crippen LogP contribution >= 0.6 is 0 Å². The Morgan fingerprint density at radius 1 is 1.29 bits per heavy atom. The van der Waals surface area contributed by atoms with Gasteiger partial charge in [0.05, 0.1) is 6.61 Å². The first-order valence-electron chi connectivity index (χ1n) is 4.50. The molecule has 0 N–H and O–H groups in total. The van der Waals surface area contributed by atoms with Crippen molar-refractivity contribution < 1.29 is 9.53 Å². The molecular weight excluding hydrogens is 176 g/mol. The van der Waals surface area contributed by atoms with Crippen molar-refractivity contribution in [1.29, 1.82) is 0 Å². The second-order valence-corrected chi connectivity index (χ2v) is 3.16. The van der Waals surface area contributed by atoms with E-state index in [9.17, 15) is 4.79 Å². The Kier molecular flexibility index (Phi) is 4.08. The van der Waals surface area contributed by atoms with E-state index < -0.39 is 0 Å². The zero-order valence-corrected chi connectivity index (χ0v) is 8.32. The highest BCUT2D eigenvalue weighted by atomic mass is 16.5. The van der Waals surface area contributed by atoms with Gasteiger partial charge in [0.25, 0.3) is 0 Å². The van der Waals surface area contributed by atoms with Crippen LogP contribution in [-0.4, -0.2) is 19.0 Å². The van der Waals surface area contributed by atoms with Crippen LogP contribution in [0, 0.1) is 0 Å². The lowest BCUT2D eigenvalue weighted by Gasteiger charge is -2.05. The van der Waals surface area contributed by atoms with E-state index in [0.717, 1.165) is 11.1 Å². The summed E-state index contributed by atoms with van der Waals surface area (Å²) in [6, 6.07) is 9.79. The maximum atomic E-state index is 10.6. The van der Waals surface area contributed by atoms with Gasteiger partial charge in [-0.1, -0.05) is 36.9 Å². The minimum atomic E-state index is 0.0332. The van der Waals surface area contributed by atoms with Gasteiger partial charge in [-0.25, -0.2) is 0 Å². The van der Waals surface area contributed by atoms with E-state index in [2.05, 4.69) is 6.58 Å². The van der Waals surface area contributed by atoms with Gasteiger partial charge in [-0.3, -0.25) is 4.79 Å². The summed E-state index contributed by atoms with van der Waals surface area (Å²) in [5, 5.41) is 0. The average molecular weight is 190 g/mol. The molecule has 0 aliphatic carbocycles. The predicted molar refractivity (Wildman–Crippen MR) is 57.0 cm³/mol. The molecule has 2 nitrogen and oxygen atoms in total. The van der Waals surface area contributed by atoms with Gasteiger partial charge in [-0.2, -0.15) is 0 Å². The van der Waals surface area contributed by atoms with Crippen LogP contribution in [0.4, 0.5) is 0 Å². The van der Waals surface area contributed by atoms with Crippen LogP contribution in [0.5, 0.6) is 0 Å². The molecule has 0 bridgehead atoms. The zero-order chi connectivity index (χ0) is 10.4. The van der Waals surface area contributed by atoms with Crippen LogP contribution in [0.15, 0.2) is 36.9 Å². The van der Waals surface area contributed by atoms with Crippen molar-refractivity contribution in [3.8, 4) is 0 Å². The largest absolute Gasteiger partial charge is 0.369 e. The van der Waals surface area contributed by atoms with Gasteiger partial charge in [0.15, 0.2) is 5.78 Å². The topological polar surface area (TPSA) is 26.3 Å². The highest BCUT2D eigenvalue weighted by Gasteiger charge is 1.99. The number of ether oxygens (including phenoxy) is 1. The number of carbonyl (C=O) groups excluding carboxylic acids is 1. The Labute approximate surface area is 84.2 Å². The molecule has 74 valence electrons. The number of rotatable bonds is 5. The number of hydrogen-bond acceptors (Lipinski definition) is 2. The number of Topliss-reactive ketones (excluding diaryl/α,β-unsaturated/α-hetero) is 1. The van der Waals surface area contributed by atoms with Crippen molar-refractivity contribution in [3.05, 3.63) is 42.5 Å². The summed E-state index contributed by atoms with van der Waals surface area (Å²) in [7, 11) is 0. The summed E-state index contributed by atoms with van der Waals surface area (Å²) in [5.74, 6) is 0.0332. The average Bonchev–Trinajstić information content (AvgIpc) is 2.18. The normalized spacial score (nSPS) is 9.79. The summed E-state index contributed by atoms with van der Waals surface area (Å²) in [6.07, 6.45) is 0. The van der Waals surface area contributed by atoms with Crippen molar-refractivity contribution in [2.24, 2.45) is 0 Å². The van der Waals surface area contributed by atoms with E-state index in [0.29, 0.717) is 6.61 Å². The van der Waals surface area contributed by atoms with Crippen molar-refractivity contribution in [2.45, 2.75) is 6.92 Å². The molecule has 1 aromatic rings. The first-order valence-corrected chi connectivity index (χ1v) is 4.50. The van der Waals surface area contributed by atoms with Crippen LogP contribution in [0.2, 0.25) is 0 Å². The molecule has 0 saturated heterocycles. The molecule has 0 atom stereocenters. The summed E-state index contributed by atoms with van der Waals surface area (Å²) >= 11 is 0. The molecule has 0 aliphatic rings. The smallest absolute Gasteiger partial charge is 0.155 e. The number of benzene rings is 1. The van der Waals surface area contributed by atoms with Crippen LogP contribution in [0.3, 0.4) is 0 Å². The first-order chi connectivity index (χ1) is 6.70. The van der Waals surface area contributed by atoms with Gasteiger partial charge in [0.1, 0.15) is 6.61 Å². The lowest BCUT2D eigenvalue weighted by Crippen LogP contribution is -2.05. The molecule has 0 heterocycles. The number of ketones is 1. The van der Waals surface area contributed by atoms with E-state index >= 15 is 0 Å². The maximum Gasteiger partial charge on any atom is 0.155 e. The Morgan fingerprint density at radius 3 is 2.50 bits per heavy atom. The fraction of sp³-hybridized carbons (Fsp3) is 0.250. The fourth-order valence-electron chi connectivity index (χ4n) is 1.08. The van der Waals surface area contributed by atoms with Crippen molar-refractivity contribution >= 4 is 11.4 Å². The van der Waals surface area contributed by atoms with E-state index in [1.54, 1.807) is 0 Å². The van der Waals surface area contributed by atoms with Gasteiger partial charge < -0.3 is 4.74 Å². The third-order valence-electron chi connectivity index (χ3n) is 1.76. The van der Waals surface area contributed by atoms with Crippen LogP contribution in [-0.2, 0) is 9.53 Å². The highest BCUT2D eigenvalue weighted by molar-refractivity contribution is 5.76. The van der Waals surface area contributed by atoms with E-state index in [-0.39, 0.29) is 12.4 Å². The summed E-state index contributed by atoms with van der Waals surface area (Å²) in [6.45, 7) is 5.96. The molecule has 0 fully saturated rings. The molecule has 14 heavy (non-hydrogen) atoms. The molecule has 0 radical (unpaired) electrons. The lowest BCUT2D eigenvalue weighted by molar-refractivity contribution is -0.120. The van der Waals surface area contributed by atoms with Crippen LogP contribution < -0.4 is 0 Å². The maximum absolute atomic E-state index is 10.6. The first kappa shape index (κ1) is 10.7. The SMILES string of the molecule is C=C(COCC(C)=O)c1ccccc1. The van der Waals surface area contributed by atoms with E-state index in [1.165, 1.54) is 6.92 Å². The van der Waals surface area contributed by atoms with Gasteiger partial charge in [0, 0.05) is 0 Å². The lowest BCUT2D eigenvalue weighted by atomic mass is 10.1. The molecule has 0 aliphatic heterocycles. The second kappa shape index (κ2) is 5.35. The van der Waals surface area contributed by atoms with Gasteiger partial charge in [-0.15, -0.1) is 0 Å². The standard InChI is InChI=1S/C12H14O2/c1-10(8-14-9-11(2)13)12-6-4-3-5-7-12/h3-7H,1,8-9H2,2H3. The van der Waals surface area contributed by atoms with Gasteiger partial charge >= 0.3 is 0 Å². The molecule has 0 unspecified atom stereocenters. The molecule has 1 rings (SSSR count). The minimum absolute atomic E-state index is 0.0332. The Hall–Kier alpha value is -1.41. The minimum Gasteiger partial charge on any atom is -0.369 e. The Morgan fingerprint density at radius 2 is 1.93 bits per heavy atom. The molecular formula is C12H14O2. The number of carbonyl (C=O) groups is 1. The monoisotopic (exact) mass is 190 g/mol. The molecule has 0 spiro atoms. The van der Waals surface area contributed by atoms with Crippen LogP contribution in [0.1, 0.15) is 12.5 Å². The van der Waals surface area contributed by atoms with Crippen molar-refractivity contribution in [2.75, 3.05) is 13.2 Å². The summed E-state index contributed by atoms with van der Waals surface area (Å²) in [5.41, 5.74) is 1.95. The van der Waals surface area contributed by atoms with Crippen molar-refractivity contribution in [3.63, 3.8) is 0 Å². The third-order valence-corrected chi connectivity index (χ3v) is 1.76. The fourth-order valence-corrected chi connectivity index (χ4v) is 1.08. The summed E-state index contributed by atoms with van der Waals surface area (Å²) < 4.78 is 5.16. The van der Waals surface area contributed by atoms with Crippen LogP contribution in [0.25, 0.3) is 5.57 Å². The summed E-state index contributed by atoms with van der Waals surface area (Å²) in [4.78, 5) is 10.6. The predicted octanol–water partition coefficient (Wildman–Crippen LogP) is 2.31. The Balaban J connectivity index is 2.40. The number of hydrogen-bond donors (Lipinski definition) is 0. The molecule has 0 saturated carbocycles. The molecule has 0 aromatic heterocycles. The molecule has 1 aromatic carbocycles. The highest BCUT2D eigenvalue weighted by Crippen LogP contribution is 2.11. The van der Waals surface area contributed by atoms with Gasteiger partial charge in [-0.05, 0) is 18.1 Å². The molecule has 2 heteroatoms. The molecule has 0 amide bonds. The second-order valence-electron chi connectivity index (χ2n) is 3.16. The van der Waals surface area contributed by atoms with Crippen molar-refractivity contribution in [1.82, 2.24) is 0 Å². The van der Waals surface area contributed by atoms with E-state index in [1.807, 2.05) is 30.3 Å². The quantitative estimate of drug-likeness (QED) is 0.712.